The van der Waals surface area contributed by atoms with Crippen molar-refractivity contribution in [2.45, 2.75) is 13.1 Å². The maximum Gasteiger partial charge on any atom is 0.442 e. The van der Waals surface area contributed by atoms with Crippen molar-refractivity contribution < 1.29 is 22.7 Å². The van der Waals surface area contributed by atoms with Gasteiger partial charge < -0.3 is 4.74 Å². The molecule has 18 heavy (non-hydrogen) atoms. The number of benzene rings is 1. The van der Waals surface area contributed by atoms with Gasteiger partial charge in [-0.15, -0.1) is 0 Å². The number of hydrogen-bond acceptors (Lipinski definition) is 4. The predicted octanol–water partition coefficient (Wildman–Crippen LogP) is 2.58. The normalized spacial score (nSPS) is 12.1. The van der Waals surface area contributed by atoms with Gasteiger partial charge in [-0.05, 0) is 19.1 Å². The Hall–Kier alpha value is -2.05. The Morgan fingerprint density at radius 1 is 1.33 bits per heavy atom. The Balaban J connectivity index is 2.87. The van der Waals surface area contributed by atoms with Gasteiger partial charge in [0.2, 0.25) is 5.71 Å². The molecule has 0 radical (unpaired) electrons. The molecule has 0 saturated carbocycles. The van der Waals surface area contributed by atoms with Crippen LogP contribution in [0.2, 0.25) is 0 Å². The molecule has 0 aromatic heterocycles. The average Bonchev–Trinajstić information content (AvgIpc) is 2.29. The van der Waals surface area contributed by atoms with E-state index in [0.717, 1.165) is 0 Å². The van der Waals surface area contributed by atoms with Crippen molar-refractivity contribution in [2.75, 3.05) is 12.0 Å². The highest BCUT2D eigenvalue weighted by atomic mass is 19.4. The van der Waals surface area contributed by atoms with Crippen LogP contribution in [-0.4, -0.2) is 24.5 Å². The molecule has 0 aliphatic carbocycles. The molecule has 0 aliphatic heterocycles. The fourth-order valence-electron chi connectivity index (χ4n) is 1.06. The monoisotopic (exact) mass is 260 g/mol. The summed E-state index contributed by atoms with van der Waals surface area (Å²) in [5.74, 6) is -1.51. The molecule has 0 saturated heterocycles. The topological polar surface area (TPSA) is 50.7 Å². The minimum atomic E-state index is -4.87. The van der Waals surface area contributed by atoms with Crippen molar-refractivity contribution >= 4 is 17.4 Å². The summed E-state index contributed by atoms with van der Waals surface area (Å²) in [6.07, 6.45) is -4.87. The molecule has 0 atom stereocenters. The van der Waals surface area contributed by atoms with E-state index in [2.05, 4.69) is 15.3 Å². The van der Waals surface area contributed by atoms with Gasteiger partial charge in [0.05, 0.1) is 12.3 Å². The maximum absolute atomic E-state index is 12.5. The van der Waals surface area contributed by atoms with Crippen LogP contribution in [0.5, 0.6) is 0 Å². The van der Waals surface area contributed by atoms with Crippen LogP contribution in [0.3, 0.4) is 0 Å². The van der Waals surface area contributed by atoms with Crippen LogP contribution in [0.25, 0.3) is 0 Å². The van der Waals surface area contributed by atoms with E-state index in [4.69, 9.17) is 0 Å². The van der Waals surface area contributed by atoms with Gasteiger partial charge >= 0.3 is 12.1 Å². The third-order valence-corrected chi connectivity index (χ3v) is 1.81. The Morgan fingerprint density at radius 2 is 1.94 bits per heavy atom. The summed E-state index contributed by atoms with van der Waals surface area (Å²) in [6, 6.07) is 7.97. The van der Waals surface area contributed by atoms with Gasteiger partial charge in [-0.3, -0.25) is 5.43 Å². The molecule has 1 aromatic carbocycles. The smallest absolute Gasteiger partial charge is 0.442 e. The molecular weight excluding hydrogens is 249 g/mol. The summed E-state index contributed by atoms with van der Waals surface area (Å²) in [5, 5.41) is 3.05. The van der Waals surface area contributed by atoms with Gasteiger partial charge in [0, 0.05) is 0 Å². The molecular formula is C11H11F3N2O2. The first-order chi connectivity index (χ1) is 8.45. The number of alkyl halides is 3. The third kappa shape index (κ3) is 4.08. The van der Waals surface area contributed by atoms with Gasteiger partial charge in [-0.2, -0.15) is 18.3 Å². The maximum atomic E-state index is 12.5. The molecule has 0 heterocycles. The molecule has 4 nitrogen and oxygen atoms in total. The SMILES string of the molecule is CCOC(=O)/C(=N/Nc1ccccc1)C(F)(F)F. The van der Waals surface area contributed by atoms with Gasteiger partial charge in [-0.25, -0.2) is 4.79 Å². The van der Waals surface area contributed by atoms with Crippen molar-refractivity contribution in [3.8, 4) is 0 Å². The lowest BCUT2D eigenvalue weighted by atomic mass is 10.3. The lowest BCUT2D eigenvalue weighted by Gasteiger charge is -2.09. The molecule has 1 rings (SSSR count). The molecule has 98 valence electrons. The number of hydrazone groups is 1. The predicted molar refractivity (Wildman–Crippen MR) is 60.2 cm³/mol. The number of ether oxygens (including phenoxy) is 1. The van der Waals surface area contributed by atoms with E-state index in [1.54, 1.807) is 18.2 Å². The Morgan fingerprint density at radius 3 is 2.44 bits per heavy atom. The van der Waals surface area contributed by atoms with E-state index in [-0.39, 0.29) is 6.61 Å². The second kappa shape index (κ2) is 6.04. The summed E-state index contributed by atoms with van der Waals surface area (Å²) in [7, 11) is 0. The Bertz CT molecular complexity index is 430. The number of carbonyl (C=O) groups is 1. The summed E-state index contributed by atoms with van der Waals surface area (Å²) < 4.78 is 41.9. The van der Waals surface area contributed by atoms with Gasteiger partial charge in [-0.1, -0.05) is 18.2 Å². The summed E-state index contributed by atoms with van der Waals surface area (Å²) >= 11 is 0. The quantitative estimate of drug-likeness (QED) is 0.514. The van der Waals surface area contributed by atoms with Crippen molar-refractivity contribution in [1.82, 2.24) is 0 Å². The standard InChI is InChI=1S/C11H11F3N2O2/c1-2-18-10(17)9(11(12,13)14)16-15-8-6-4-3-5-7-8/h3-7,15H,2H2,1H3/b16-9-. The van der Waals surface area contributed by atoms with Crippen LogP contribution in [0.15, 0.2) is 35.4 Å². The van der Waals surface area contributed by atoms with Crippen molar-refractivity contribution in [2.24, 2.45) is 5.10 Å². The highest BCUT2D eigenvalue weighted by Gasteiger charge is 2.42. The molecule has 0 amide bonds. The fraction of sp³-hybridized carbons (Fsp3) is 0.273. The lowest BCUT2D eigenvalue weighted by molar-refractivity contribution is -0.139. The first-order valence-corrected chi connectivity index (χ1v) is 5.08. The number of hydrogen-bond donors (Lipinski definition) is 1. The number of anilines is 1. The van der Waals surface area contributed by atoms with E-state index in [1.807, 2.05) is 0 Å². The minimum absolute atomic E-state index is 0.154. The lowest BCUT2D eigenvalue weighted by Crippen LogP contribution is -2.33. The van der Waals surface area contributed by atoms with Crippen LogP contribution in [0, 0.1) is 0 Å². The van der Waals surface area contributed by atoms with Crippen LogP contribution in [-0.2, 0) is 9.53 Å². The van der Waals surface area contributed by atoms with Crippen molar-refractivity contribution in [3.63, 3.8) is 0 Å². The third-order valence-electron chi connectivity index (χ3n) is 1.81. The van der Waals surface area contributed by atoms with E-state index < -0.39 is 17.9 Å². The average molecular weight is 260 g/mol. The number of rotatable bonds is 4. The van der Waals surface area contributed by atoms with Crippen molar-refractivity contribution in [3.05, 3.63) is 30.3 Å². The summed E-state index contributed by atoms with van der Waals surface area (Å²) in [4.78, 5) is 11.1. The molecule has 0 spiro atoms. The highest BCUT2D eigenvalue weighted by Crippen LogP contribution is 2.19. The number of nitrogens with one attached hydrogen (secondary N) is 1. The van der Waals surface area contributed by atoms with E-state index in [1.165, 1.54) is 19.1 Å². The second-order valence-electron chi connectivity index (χ2n) is 3.16. The number of nitrogens with zero attached hydrogens (tertiary/aromatic N) is 1. The number of para-hydroxylation sites is 1. The number of carbonyl (C=O) groups excluding carboxylic acids is 1. The van der Waals surface area contributed by atoms with Crippen LogP contribution >= 0.6 is 0 Å². The summed E-state index contributed by atoms with van der Waals surface area (Å²) in [5.41, 5.74) is 0.877. The van der Waals surface area contributed by atoms with Crippen LogP contribution in [0.4, 0.5) is 18.9 Å². The number of halogens is 3. The van der Waals surface area contributed by atoms with Crippen molar-refractivity contribution in [1.29, 1.82) is 0 Å². The molecule has 0 unspecified atom stereocenters. The zero-order chi connectivity index (χ0) is 13.6. The fourth-order valence-corrected chi connectivity index (χ4v) is 1.06. The first-order valence-electron chi connectivity index (χ1n) is 5.08. The zero-order valence-corrected chi connectivity index (χ0v) is 9.49. The number of esters is 1. The summed E-state index contributed by atoms with van der Waals surface area (Å²) in [6.45, 7) is 1.26. The highest BCUT2D eigenvalue weighted by molar-refractivity contribution is 6.38. The largest absolute Gasteiger partial charge is 0.461 e. The van der Waals surface area contributed by atoms with E-state index >= 15 is 0 Å². The van der Waals surface area contributed by atoms with Gasteiger partial charge in [0.15, 0.2) is 0 Å². The molecule has 0 fully saturated rings. The minimum Gasteiger partial charge on any atom is -0.461 e. The molecule has 0 bridgehead atoms. The Kier molecular flexibility index (Phi) is 4.70. The second-order valence-corrected chi connectivity index (χ2v) is 3.16. The molecule has 7 heteroatoms. The van der Waals surface area contributed by atoms with E-state index in [9.17, 15) is 18.0 Å². The molecule has 0 aliphatic rings. The van der Waals surface area contributed by atoms with Crippen LogP contribution in [0.1, 0.15) is 6.92 Å². The Labute approximate surface area is 101 Å². The van der Waals surface area contributed by atoms with Gasteiger partial charge in [0.25, 0.3) is 0 Å². The zero-order valence-electron chi connectivity index (χ0n) is 9.49. The van der Waals surface area contributed by atoms with E-state index in [0.29, 0.717) is 5.69 Å². The molecule has 1 N–H and O–H groups in total. The molecule has 1 aromatic rings. The van der Waals surface area contributed by atoms with Gasteiger partial charge in [0.1, 0.15) is 0 Å². The first kappa shape index (κ1) is 14.0. The van der Waals surface area contributed by atoms with Crippen LogP contribution < -0.4 is 5.43 Å².